The van der Waals surface area contributed by atoms with E-state index in [0.717, 1.165) is 24.8 Å². The SMILES string of the molecule is COc1ccc(CN)c(N2CCC(CN(C)C)CC2)c1. The molecule has 112 valence electrons. The first kappa shape index (κ1) is 15.1. The van der Waals surface area contributed by atoms with Crippen LogP contribution < -0.4 is 15.4 Å². The molecule has 20 heavy (non-hydrogen) atoms. The standard InChI is InChI=1S/C16H27N3O/c1-18(2)12-13-6-8-19(9-7-13)16-10-15(20-3)5-4-14(16)11-17/h4-5,10,13H,6-9,11-12,17H2,1-3H3. The van der Waals surface area contributed by atoms with Gasteiger partial charge in [-0.2, -0.15) is 0 Å². The van der Waals surface area contributed by atoms with E-state index in [4.69, 9.17) is 10.5 Å². The molecule has 0 atom stereocenters. The van der Waals surface area contributed by atoms with Gasteiger partial charge in [-0.15, -0.1) is 0 Å². The van der Waals surface area contributed by atoms with Crippen molar-refractivity contribution < 1.29 is 4.74 Å². The maximum Gasteiger partial charge on any atom is 0.120 e. The van der Waals surface area contributed by atoms with Crippen molar-refractivity contribution in [3.8, 4) is 5.75 Å². The molecule has 0 unspecified atom stereocenters. The predicted molar refractivity (Wildman–Crippen MR) is 84.4 cm³/mol. The molecule has 2 rings (SSSR count). The Morgan fingerprint density at radius 1 is 1.30 bits per heavy atom. The maximum atomic E-state index is 5.87. The van der Waals surface area contributed by atoms with Crippen LogP contribution in [-0.4, -0.2) is 45.7 Å². The third-order valence-electron chi connectivity index (χ3n) is 4.09. The van der Waals surface area contributed by atoms with Crippen LogP contribution in [0.4, 0.5) is 5.69 Å². The van der Waals surface area contributed by atoms with Crippen LogP contribution in [0.15, 0.2) is 18.2 Å². The summed E-state index contributed by atoms with van der Waals surface area (Å²) in [6.45, 7) is 3.99. The van der Waals surface area contributed by atoms with E-state index in [0.29, 0.717) is 6.54 Å². The largest absolute Gasteiger partial charge is 0.497 e. The fourth-order valence-corrected chi connectivity index (χ4v) is 3.01. The summed E-state index contributed by atoms with van der Waals surface area (Å²) in [7, 11) is 6.02. The normalized spacial score (nSPS) is 16.8. The molecule has 2 N–H and O–H groups in total. The minimum Gasteiger partial charge on any atom is -0.497 e. The van der Waals surface area contributed by atoms with Crippen molar-refractivity contribution in [2.45, 2.75) is 19.4 Å². The van der Waals surface area contributed by atoms with E-state index in [-0.39, 0.29) is 0 Å². The zero-order valence-corrected chi connectivity index (χ0v) is 12.9. The number of methoxy groups -OCH3 is 1. The molecule has 1 aliphatic rings. The van der Waals surface area contributed by atoms with Crippen LogP contribution in [0.5, 0.6) is 5.75 Å². The van der Waals surface area contributed by atoms with E-state index in [1.807, 2.05) is 6.07 Å². The van der Waals surface area contributed by atoms with E-state index >= 15 is 0 Å². The Bertz CT molecular complexity index is 426. The molecule has 1 aromatic carbocycles. The van der Waals surface area contributed by atoms with E-state index in [1.54, 1.807) is 7.11 Å². The fraction of sp³-hybridized carbons (Fsp3) is 0.625. The summed E-state index contributed by atoms with van der Waals surface area (Å²) < 4.78 is 5.34. The molecule has 1 saturated heterocycles. The van der Waals surface area contributed by atoms with Crippen molar-refractivity contribution in [2.24, 2.45) is 11.7 Å². The lowest BCUT2D eigenvalue weighted by Gasteiger charge is -2.35. The minimum absolute atomic E-state index is 0.580. The highest BCUT2D eigenvalue weighted by Gasteiger charge is 2.21. The Morgan fingerprint density at radius 2 is 2.00 bits per heavy atom. The number of hydrogen-bond donors (Lipinski definition) is 1. The summed E-state index contributed by atoms with van der Waals surface area (Å²) in [5.74, 6) is 1.72. The van der Waals surface area contributed by atoms with Crippen molar-refractivity contribution >= 4 is 5.69 Å². The Kier molecular flexibility index (Phi) is 5.26. The van der Waals surface area contributed by atoms with Crippen LogP contribution in [0.1, 0.15) is 18.4 Å². The molecule has 0 aromatic heterocycles. The molecule has 0 radical (unpaired) electrons. The van der Waals surface area contributed by atoms with Gasteiger partial charge in [-0.3, -0.25) is 0 Å². The van der Waals surface area contributed by atoms with Gasteiger partial charge in [-0.05, 0) is 44.5 Å². The summed E-state index contributed by atoms with van der Waals surface area (Å²) in [6, 6.07) is 6.19. The second-order valence-electron chi connectivity index (χ2n) is 5.89. The number of ether oxygens (including phenoxy) is 1. The van der Waals surface area contributed by atoms with Gasteiger partial charge in [0, 0.05) is 37.9 Å². The van der Waals surface area contributed by atoms with Gasteiger partial charge in [0.2, 0.25) is 0 Å². The summed E-state index contributed by atoms with van der Waals surface area (Å²) in [5, 5.41) is 0. The van der Waals surface area contributed by atoms with Crippen molar-refractivity contribution in [3.63, 3.8) is 0 Å². The summed E-state index contributed by atoms with van der Waals surface area (Å²) in [6.07, 6.45) is 2.50. The third kappa shape index (κ3) is 3.64. The van der Waals surface area contributed by atoms with Crippen LogP contribution >= 0.6 is 0 Å². The number of anilines is 1. The van der Waals surface area contributed by atoms with Gasteiger partial charge in [0.05, 0.1) is 7.11 Å². The van der Waals surface area contributed by atoms with Gasteiger partial charge in [0.1, 0.15) is 5.75 Å². The zero-order valence-electron chi connectivity index (χ0n) is 12.9. The van der Waals surface area contributed by atoms with E-state index < -0.39 is 0 Å². The molecule has 0 spiro atoms. The van der Waals surface area contributed by atoms with Crippen LogP contribution in [-0.2, 0) is 6.54 Å². The molecule has 0 bridgehead atoms. The third-order valence-corrected chi connectivity index (χ3v) is 4.09. The molecule has 4 heteroatoms. The van der Waals surface area contributed by atoms with Crippen LogP contribution in [0.3, 0.4) is 0 Å². The molecule has 1 aliphatic heterocycles. The molecular weight excluding hydrogens is 250 g/mol. The van der Waals surface area contributed by atoms with Gasteiger partial charge < -0.3 is 20.3 Å². The lowest BCUT2D eigenvalue weighted by molar-refractivity contribution is 0.285. The monoisotopic (exact) mass is 277 g/mol. The summed E-state index contributed by atoms with van der Waals surface area (Å²) >= 11 is 0. The van der Waals surface area contributed by atoms with Gasteiger partial charge in [0.25, 0.3) is 0 Å². The summed E-state index contributed by atoms with van der Waals surface area (Å²) in [5.41, 5.74) is 8.32. The average molecular weight is 277 g/mol. The topological polar surface area (TPSA) is 41.7 Å². The van der Waals surface area contributed by atoms with Crippen molar-refractivity contribution in [1.82, 2.24) is 4.90 Å². The number of rotatable bonds is 5. The highest BCUT2D eigenvalue weighted by Crippen LogP contribution is 2.29. The molecule has 0 amide bonds. The van der Waals surface area contributed by atoms with Crippen molar-refractivity contribution in [3.05, 3.63) is 23.8 Å². The van der Waals surface area contributed by atoms with E-state index in [1.165, 1.54) is 30.6 Å². The Hall–Kier alpha value is -1.26. The van der Waals surface area contributed by atoms with Crippen LogP contribution in [0.2, 0.25) is 0 Å². The number of benzene rings is 1. The molecule has 1 aromatic rings. The first-order chi connectivity index (χ1) is 9.63. The molecule has 0 aliphatic carbocycles. The molecule has 0 saturated carbocycles. The number of piperidine rings is 1. The predicted octanol–water partition coefficient (Wildman–Crippen LogP) is 1.93. The second kappa shape index (κ2) is 6.95. The lowest BCUT2D eigenvalue weighted by atomic mass is 9.95. The minimum atomic E-state index is 0.580. The van der Waals surface area contributed by atoms with E-state index in [2.05, 4.69) is 36.0 Å². The lowest BCUT2D eigenvalue weighted by Crippen LogP contribution is -2.37. The smallest absolute Gasteiger partial charge is 0.120 e. The fourth-order valence-electron chi connectivity index (χ4n) is 3.01. The van der Waals surface area contributed by atoms with Crippen molar-refractivity contribution in [2.75, 3.05) is 45.7 Å². The molecule has 1 fully saturated rings. The maximum absolute atomic E-state index is 5.87. The number of hydrogen-bond acceptors (Lipinski definition) is 4. The number of nitrogens with zero attached hydrogens (tertiary/aromatic N) is 2. The Labute approximate surface area is 122 Å². The Balaban J connectivity index is 2.05. The quantitative estimate of drug-likeness (QED) is 0.893. The van der Waals surface area contributed by atoms with Crippen molar-refractivity contribution in [1.29, 1.82) is 0 Å². The van der Waals surface area contributed by atoms with Gasteiger partial charge in [-0.1, -0.05) is 6.07 Å². The number of nitrogens with two attached hydrogens (primary N) is 1. The second-order valence-corrected chi connectivity index (χ2v) is 5.89. The Morgan fingerprint density at radius 3 is 2.55 bits per heavy atom. The van der Waals surface area contributed by atoms with Crippen LogP contribution in [0.25, 0.3) is 0 Å². The molecular formula is C16H27N3O. The van der Waals surface area contributed by atoms with Gasteiger partial charge in [-0.25, -0.2) is 0 Å². The summed E-state index contributed by atoms with van der Waals surface area (Å²) in [4.78, 5) is 4.74. The highest BCUT2D eigenvalue weighted by atomic mass is 16.5. The van der Waals surface area contributed by atoms with Gasteiger partial charge >= 0.3 is 0 Å². The van der Waals surface area contributed by atoms with Crippen LogP contribution in [0, 0.1) is 5.92 Å². The molecule has 4 nitrogen and oxygen atoms in total. The van der Waals surface area contributed by atoms with E-state index in [9.17, 15) is 0 Å². The zero-order chi connectivity index (χ0) is 14.5. The first-order valence-electron chi connectivity index (χ1n) is 7.40. The molecule has 1 heterocycles. The van der Waals surface area contributed by atoms with Gasteiger partial charge in [0.15, 0.2) is 0 Å². The first-order valence-corrected chi connectivity index (χ1v) is 7.40. The highest BCUT2D eigenvalue weighted by molar-refractivity contribution is 5.57. The average Bonchev–Trinajstić information content (AvgIpc) is 2.46.